The van der Waals surface area contributed by atoms with E-state index in [0.29, 0.717) is 13.0 Å². The minimum Gasteiger partial charge on any atom is -0.465 e. The summed E-state index contributed by atoms with van der Waals surface area (Å²) in [5.41, 5.74) is 7.06. The van der Waals surface area contributed by atoms with Crippen LogP contribution in [-0.2, 0) is 16.0 Å². The number of benzene rings is 1. The van der Waals surface area contributed by atoms with Crippen molar-refractivity contribution < 1.29 is 9.53 Å². The minimum absolute atomic E-state index is 0.254. The third-order valence-corrected chi connectivity index (χ3v) is 3.88. The van der Waals surface area contributed by atoms with Crippen LogP contribution in [0.25, 0.3) is 0 Å². The molecule has 1 aromatic rings. The van der Waals surface area contributed by atoms with Crippen LogP contribution in [0.1, 0.15) is 37.7 Å². The topological polar surface area (TPSA) is 52.3 Å². The molecular weight excluding hydrogens is 238 g/mol. The van der Waals surface area contributed by atoms with Crippen LogP contribution in [0.15, 0.2) is 30.3 Å². The Morgan fingerprint density at radius 1 is 1.32 bits per heavy atom. The molecule has 1 aromatic carbocycles. The second-order valence-corrected chi connectivity index (χ2v) is 5.38. The van der Waals surface area contributed by atoms with Crippen LogP contribution in [0, 0.1) is 5.92 Å². The maximum atomic E-state index is 11.7. The lowest BCUT2D eigenvalue weighted by atomic mass is 9.83. The van der Waals surface area contributed by atoms with Crippen molar-refractivity contribution in [3.8, 4) is 0 Å². The van der Waals surface area contributed by atoms with E-state index in [4.69, 9.17) is 10.5 Å². The lowest BCUT2D eigenvalue weighted by Gasteiger charge is -2.25. The van der Waals surface area contributed by atoms with Crippen LogP contribution >= 0.6 is 0 Å². The van der Waals surface area contributed by atoms with Gasteiger partial charge in [-0.1, -0.05) is 49.6 Å². The van der Waals surface area contributed by atoms with Crippen LogP contribution in [-0.4, -0.2) is 18.6 Å². The van der Waals surface area contributed by atoms with Gasteiger partial charge >= 0.3 is 5.97 Å². The summed E-state index contributed by atoms with van der Waals surface area (Å²) in [7, 11) is 0. The van der Waals surface area contributed by atoms with E-state index in [2.05, 4.69) is 12.1 Å². The molecule has 3 nitrogen and oxygen atoms in total. The Kier molecular flexibility index (Phi) is 5.40. The largest absolute Gasteiger partial charge is 0.465 e. The van der Waals surface area contributed by atoms with Gasteiger partial charge in [-0.15, -0.1) is 0 Å². The molecule has 1 fully saturated rings. The zero-order chi connectivity index (χ0) is 13.5. The van der Waals surface area contributed by atoms with Crippen LogP contribution in [0.4, 0.5) is 0 Å². The summed E-state index contributed by atoms with van der Waals surface area (Å²) >= 11 is 0. The van der Waals surface area contributed by atoms with E-state index < -0.39 is 6.04 Å². The molecule has 3 heteroatoms. The van der Waals surface area contributed by atoms with Crippen molar-refractivity contribution >= 4 is 5.97 Å². The van der Waals surface area contributed by atoms with Gasteiger partial charge in [0.1, 0.15) is 6.04 Å². The standard InChI is InChI=1S/C16H23NO2/c17-15(10-9-13-5-2-1-3-6-13)16(18)19-12-11-14-7-4-8-14/h1-3,5-6,14-15H,4,7-12,17H2/t15-/m0/s1. The average molecular weight is 261 g/mol. The molecule has 0 bridgehead atoms. The highest BCUT2D eigenvalue weighted by atomic mass is 16.5. The summed E-state index contributed by atoms with van der Waals surface area (Å²) < 4.78 is 5.23. The molecule has 1 atom stereocenters. The fourth-order valence-corrected chi connectivity index (χ4v) is 2.30. The molecule has 0 aliphatic heterocycles. The van der Waals surface area contributed by atoms with E-state index >= 15 is 0 Å². The summed E-state index contributed by atoms with van der Waals surface area (Å²) in [5, 5.41) is 0. The smallest absolute Gasteiger partial charge is 0.322 e. The lowest BCUT2D eigenvalue weighted by molar-refractivity contribution is -0.145. The molecule has 2 rings (SSSR count). The van der Waals surface area contributed by atoms with Crippen molar-refractivity contribution in [2.45, 2.75) is 44.6 Å². The Morgan fingerprint density at radius 2 is 2.05 bits per heavy atom. The predicted molar refractivity (Wildman–Crippen MR) is 75.7 cm³/mol. The number of hydrogen-bond acceptors (Lipinski definition) is 3. The highest BCUT2D eigenvalue weighted by Gasteiger charge is 2.19. The van der Waals surface area contributed by atoms with Gasteiger partial charge < -0.3 is 10.5 Å². The van der Waals surface area contributed by atoms with Gasteiger partial charge in [-0.05, 0) is 30.7 Å². The first-order chi connectivity index (χ1) is 9.25. The first-order valence-electron chi connectivity index (χ1n) is 7.22. The van der Waals surface area contributed by atoms with Crippen molar-refractivity contribution in [3.05, 3.63) is 35.9 Å². The van der Waals surface area contributed by atoms with Gasteiger partial charge in [0.25, 0.3) is 0 Å². The van der Waals surface area contributed by atoms with Gasteiger partial charge in [-0.3, -0.25) is 4.79 Å². The number of carbonyl (C=O) groups excluding carboxylic acids is 1. The Balaban J connectivity index is 1.61. The molecule has 19 heavy (non-hydrogen) atoms. The summed E-state index contributed by atoms with van der Waals surface area (Å²) in [6.07, 6.45) is 6.37. The Labute approximate surface area is 115 Å². The highest BCUT2D eigenvalue weighted by Crippen LogP contribution is 2.29. The Hall–Kier alpha value is -1.35. The van der Waals surface area contributed by atoms with Gasteiger partial charge in [0.2, 0.25) is 0 Å². The molecule has 104 valence electrons. The van der Waals surface area contributed by atoms with Crippen molar-refractivity contribution in [2.75, 3.05) is 6.61 Å². The van der Waals surface area contributed by atoms with Gasteiger partial charge in [0.05, 0.1) is 6.61 Å². The number of esters is 1. The first-order valence-corrected chi connectivity index (χ1v) is 7.22. The molecule has 0 heterocycles. The molecular formula is C16H23NO2. The molecule has 0 aromatic heterocycles. The zero-order valence-electron chi connectivity index (χ0n) is 11.4. The molecule has 0 radical (unpaired) electrons. The predicted octanol–water partition coefficient (Wildman–Crippen LogP) is 2.68. The maximum absolute atomic E-state index is 11.7. The van der Waals surface area contributed by atoms with E-state index in [0.717, 1.165) is 18.8 Å². The van der Waals surface area contributed by atoms with Gasteiger partial charge in [-0.25, -0.2) is 0 Å². The number of carbonyl (C=O) groups is 1. The second-order valence-electron chi connectivity index (χ2n) is 5.38. The summed E-state index contributed by atoms with van der Waals surface area (Å²) in [5.74, 6) is 0.517. The fourth-order valence-electron chi connectivity index (χ4n) is 2.30. The lowest BCUT2D eigenvalue weighted by Crippen LogP contribution is -2.33. The second kappa shape index (κ2) is 7.29. The maximum Gasteiger partial charge on any atom is 0.322 e. The van der Waals surface area contributed by atoms with Crippen LogP contribution in [0.2, 0.25) is 0 Å². The number of hydrogen-bond donors (Lipinski definition) is 1. The minimum atomic E-state index is -0.499. The van der Waals surface area contributed by atoms with Crippen LogP contribution in [0.3, 0.4) is 0 Å². The summed E-state index contributed by atoms with van der Waals surface area (Å²) in [4.78, 5) is 11.7. The molecule has 1 aliphatic carbocycles. The average Bonchev–Trinajstić information content (AvgIpc) is 2.39. The van der Waals surface area contributed by atoms with E-state index in [1.165, 1.54) is 24.8 Å². The van der Waals surface area contributed by atoms with Gasteiger partial charge in [0.15, 0.2) is 0 Å². The highest BCUT2D eigenvalue weighted by molar-refractivity contribution is 5.75. The van der Waals surface area contributed by atoms with Crippen LogP contribution < -0.4 is 5.73 Å². The fraction of sp³-hybridized carbons (Fsp3) is 0.562. The number of aryl methyl sites for hydroxylation is 1. The molecule has 1 saturated carbocycles. The monoisotopic (exact) mass is 261 g/mol. The van der Waals surface area contributed by atoms with E-state index in [9.17, 15) is 4.79 Å². The number of nitrogens with two attached hydrogens (primary N) is 1. The Bertz CT molecular complexity index is 387. The molecule has 1 aliphatic rings. The molecule has 0 saturated heterocycles. The summed E-state index contributed by atoms with van der Waals surface area (Å²) in [6.45, 7) is 0.530. The van der Waals surface area contributed by atoms with E-state index in [1.807, 2.05) is 18.2 Å². The SMILES string of the molecule is N[C@@H](CCc1ccccc1)C(=O)OCCC1CCC1. The Morgan fingerprint density at radius 3 is 2.68 bits per heavy atom. The quantitative estimate of drug-likeness (QED) is 0.768. The third-order valence-electron chi connectivity index (χ3n) is 3.88. The zero-order valence-corrected chi connectivity index (χ0v) is 11.4. The molecule has 0 unspecified atom stereocenters. The molecule has 0 amide bonds. The first kappa shape index (κ1) is 14.1. The normalized spacial score (nSPS) is 16.7. The van der Waals surface area contributed by atoms with Crippen LogP contribution in [0.5, 0.6) is 0 Å². The van der Waals surface area contributed by atoms with Crippen molar-refractivity contribution in [2.24, 2.45) is 11.7 Å². The van der Waals surface area contributed by atoms with Crippen molar-refractivity contribution in [3.63, 3.8) is 0 Å². The number of rotatable bonds is 7. The van der Waals surface area contributed by atoms with Crippen molar-refractivity contribution in [1.82, 2.24) is 0 Å². The molecule has 2 N–H and O–H groups in total. The van der Waals surface area contributed by atoms with E-state index in [-0.39, 0.29) is 5.97 Å². The molecule has 0 spiro atoms. The third kappa shape index (κ3) is 4.67. The van der Waals surface area contributed by atoms with Gasteiger partial charge in [-0.2, -0.15) is 0 Å². The summed E-state index contributed by atoms with van der Waals surface area (Å²) in [6, 6.07) is 9.58. The van der Waals surface area contributed by atoms with Gasteiger partial charge in [0, 0.05) is 0 Å². The van der Waals surface area contributed by atoms with Crippen molar-refractivity contribution in [1.29, 1.82) is 0 Å². The van der Waals surface area contributed by atoms with E-state index in [1.54, 1.807) is 0 Å². The number of ether oxygens (including phenoxy) is 1.